The quantitative estimate of drug-likeness (QED) is 0.685. The predicted molar refractivity (Wildman–Crippen MR) is 67.0 cm³/mol. The van der Waals surface area contributed by atoms with E-state index in [0.717, 1.165) is 11.5 Å². The van der Waals surface area contributed by atoms with Crippen LogP contribution in [0.4, 0.5) is 0 Å². The van der Waals surface area contributed by atoms with Crippen LogP contribution in [-0.2, 0) is 14.3 Å². The number of likely N-dealkylation sites (tertiary alicyclic amines) is 1. The second-order valence-electron chi connectivity index (χ2n) is 5.66. The van der Waals surface area contributed by atoms with Crippen LogP contribution in [-0.4, -0.2) is 54.9 Å². The minimum atomic E-state index is -0.302. The average molecular weight is 257 g/mol. The molecule has 2 atom stereocenters. The second kappa shape index (κ2) is 4.28. The molecule has 2 saturated heterocycles. The van der Waals surface area contributed by atoms with Crippen molar-refractivity contribution < 1.29 is 14.3 Å². The van der Waals surface area contributed by atoms with Crippen molar-refractivity contribution in [2.24, 2.45) is 10.8 Å². The van der Waals surface area contributed by atoms with Gasteiger partial charge < -0.3 is 4.74 Å². The summed E-state index contributed by atoms with van der Waals surface area (Å²) in [5.41, 5.74) is -0.603. The zero-order valence-corrected chi connectivity index (χ0v) is 11.4. The molecule has 2 aliphatic rings. The number of ether oxygens (including phenoxy) is 1. The van der Waals surface area contributed by atoms with Gasteiger partial charge in [-0.15, -0.1) is 0 Å². The van der Waals surface area contributed by atoms with E-state index in [9.17, 15) is 9.59 Å². The Morgan fingerprint density at radius 1 is 1.35 bits per heavy atom. The summed E-state index contributed by atoms with van der Waals surface area (Å²) in [6.45, 7) is 5.67. The van der Waals surface area contributed by atoms with Crippen molar-refractivity contribution in [3.8, 4) is 0 Å². The fourth-order valence-corrected chi connectivity index (χ4v) is 4.45. The minimum absolute atomic E-state index is 0.225. The van der Waals surface area contributed by atoms with E-state index >= 15 is 0 Å². The number of esters is 1. The van der Waals surface area contributed by atoms with Crippen LogP contribution in [0.2, 0.25) is 0 Å². The molecule has 0 aromatic rings. The Bertz CT molecular complexity index is 338. The number of ketones is 1. The van der Waals surface area contributed by atoms with Crippen LogP contribution < -0.4 is 0 Å². The van der Waals surface area contributed by atoms with Crippen molar-refractivity contribution in [1.82, 2.24) is 4.90 Å². The standard InChI is InChI=1S/C12H19NO3S/c1-11-5-13(4-9(14)16-3)6-12(2,10(11)15)8-17-7-11/h4-8H2,1-3H3. The molecule has 96 valence electrons. The van der Waals surface area contributed by atoms with Gasteiger partial charge in [0, 0.05) is 35.4 Å². The predicted octanol–water partition coefficient (Wildman–Crippen LogP) is 0.803. The van der Waals surface area contributed by atoms with Crippen molar-refractivity contribution in [3.63, 3.8) is 0 Å². The molecule has 0 aromatic heterocycles. The third-order valence-corrected chi connectivity index (χ3v) is 5.35. The van der Waals surface area contributed by atoms with Crippen LogP contribution in [0, 0.1) is 10.8 Å². The molecule has 4 nitrogen and oxygen atoms in total. The smallest absolute Gasteiger partial charge is 0.319 e. The number of Topliss-reactive ketones (excluding diaryl/α,β-unsaturated/α-hetero) is 1. The number of carbonyl (C=O) groups is 2. The summed E-state index contributed by atoms with van der Waals surface area (Å²) in [4.78, 5) is 25.8. The lowest BCUT2D eigenvalue weighted by Crippen LogP contribution is -2.62. The van der Waals surface area contributed by atoms with Gasteiger partial charge in [-0.25, -0.2) is 0 Å². The third-order valence-electron chi connectivity index (χ3n) is 3.66. The monoisotopic (exact) mass is 257 g/mol. The number of carbonyl (C=O) groups excluding carboxylic acids is 2. The maximum Gasteiger partial charge on any atom is 0.319 e. The zero-order chi connectivity index (χ0) is 12.7. The average Bonchev–Trinajstić information content (AvgIpc) is 2.23. The van der Waals surface area contributed by atoms with E-state index in [1.807, 2.05) is 25.6 Å². The molecule has 0 saturated carbocycles. The van der Waals surface area contributed by atoms with Gasteiger partial charge >= 0.3 is 5.97 Å². The molecule has 17 heavy (non-hydrogen) atoms. The summed E-state index contributed by atoms with van der Waals surface area (Å²) < 4.78 is 4.70. The molecule has 0 N–H and O–H groups in total. The number of rotatable bonds is 2. The number of methoxy groups -OCH3 is 1. The van der Waals surface area contributed by atoms with Gasteiger partial charge in [0.2, 0.25) is 0 Å². The fourth-order valence-electron chi connectivity index (χ4n) is 3.00. The molecule has 2 bridgehead atoms. The molecular weight excluding hydrogens is 238 g/mol. The second-order valence-corrected chi connectivity index (χ2v) is 6.65. The lowest BCUT2D eigenvalue weighted by Gasteiger charge is -2.51. The Labute approximate surface area is 106 Å². The summed E-state index contributed by atoms with van der Waals surface area (Å²) in [7, 11) is 1.40. The topological polar surface area (TPSA) is 46.6 Å². The number of thioether (sulfide) groups is 1. The van der Waals surface area contributed by atoms with E-state index in [2.05, 4.69) is 4.90 Å². The van der Waals surface area contributed by atoms with Gasteiger partial charge in [0.1, 0.15) is 5.78 Å². The molecule has 2 aliphatic heterocycles. The highest BCUT2D eigenvalue weighted by molar-refractivity contribution is 7.99. The molecule has 0 amide bonds. The van der Waals surface area contributed by atoms with Gasteiger partial charge in [0.05, 0.1) is 13.7 Å². The summed E-state index contributed by atoms with van der Waals surface area (Å²) in [5.74, 6) is 1.86. The zero-order valence-electron chi connectivity index (χ0n) is 10.6. The van der Waals surface area contributed by atoms with E-state index in [0.29, 0.717) is 25.4 Å². The van der Waals surface area contributed by atoms with Crippen molar-refractivity contribution in [2.75, 3.05) is 38.2 Å². The summed E-state index contributed by atoms with van der Waals surface area (Å²) in [6, 6.07) is 0. The largest absolute Gasteiger partial charge is 0.468 e. The molecule has 5 heteroatoms. The first-order valence-electron chi connectivity index (χ1n) is 5.81. The van der Waals surface area contributed by atoms with Crippen LogP contribution in [0.5, 0.6) is 0 Å². The highest BCUT2D eigenvalue weighted by Gasteiger charge is 2.53. The molecule has 2 unspecified atom stereocenters. The van der Waals surface area contributed by atoms with E-state index in [1.54, 1.807) is 0 Å². The first kappa shape index (κ1) is 12.9. The summed E-state index contributed by atoms with van der Waals surface area (Å²) in [6.07, 6.45) is 0. The number of hydrogen-bond donors (Lipinski definition) is 0. The fraction of sp³-hybridized carbons (Fsp3) is 0.833. The molecule has 0 radical (unpaired) electrons. The van der Waals surface area contributed by atoms with Crippen LogP contribution in [0.15, 0.2) is 0 Å². The van der Waals surface area contributed by atoms with Gasteiger partial charge in [-0.05, 0) is 0 Å². The maximum atomic E-state index is 12.4. The first-order valence-corrected chi connectivity index (χ1v) is 6.97. The van der Waals surface area contributed by atoms with Crippen molar-refractivity contribution in [3.05, 3.63) is 0 Å². The highest BCUT2D eigenvalue weighted by Crippen LogP contribution is 2.45. The van der Waals surface area contributed by atoms with Gasteiger partial charge in [-0.2, -0.15) is 11.8 Å². The normalized spacial score (nSPS) is 37.9. The highest BCUT2D eigenvalue weighted by atomic mass is 32.2. The number of piperidine rings is 1. The molecular formula is C12H19NO3S. The minimum Gasteiger partial charge on any atom is -0.468 e. The first-order chi connectivity index (χ1) is 7.89. The Morgan fingerprint density at radius 2 is 1.88 bits per heavy atom. The van der Waals surface area contributed by atoms with E-state index in [1.165, 1.54) is 7.11 Å². The lowest BCUT2D eigenvalue weighted by molar-refractivity contribution is -0.150. The van der Waals surface area contributed by atoms with Gasteiger partial charge in [0.15, 0.2) is 0 Å². The van der Waals surface area contributed by atoms with E-state index < -0.39 is 0 Å². The Balaban J connectivity index is 2.16. The van der Waals surface area contributed by atoms with Crippen molar-refractivity contribution in [2.45, 2.75) is 13.8 Å². The van der Waals surface area contributed by atoms with Crippen LogP contribution in [0.25, 0.3) is 0 Å². The van der Waals surface area contributed by atoms with Crippen molar-refractivity contribution in [1.29, 1.82) is 0 Å². The van der Waals surface area contributed by atoms with Crippen molar-refractivity contribution >= 4 is 23.5 Å². The van der Waals surface area contributed by atoms with Crippen LogP contribution >= 0.6 is 11.8 Å². The molecule has 0 aliphatic carbocycles. The third kappa shape index (κ3) is 2.22. The Morgan fingerprint density at radius 3 is 2.35 bits per heavy atom. The number of hydrogen-bond acceptors (Lipinski definition) is 5. The van der Waals surface area contributed by atoms with Gasteiger partial charge in [-0.1, -0.05) is 13.8 Å². The van der Waals surface area contributed by atoms with E-state index in [4.69, 9.17) is 4.74 Å². The van der Waals surface area contributed by atoms with Gasteiger partial charge in [0.25, 0.3) is 0 Å². The van der Waals surface area contributed by atoms with Gasteiger partial charge in [-0.3, -0.25) is 14.5 Å². The molecule has 0 aromatic carbocycles. The summed E-state index contributed by atoms with van der Waals surface area (Å²) in [5, 5.41) is 0. The maximum absolute atomic E-state index is 12.4. The molecule has 2 fully saturated rings. The Hall–Kier alpha value is -0.550. The molecule has 0 spiro atoms. The number of fused-ring (bicyclic) bond motifs is 2. The number of nitrogens with zero attached hydrogens (tertiary/aromatic N) is 1. The van der Waals surface area contributed by atoms with Crippen LogP contribution in [0.1, 0.15) is 13.8 Å². The molecule has 2 rings (SSSR count). The van der Waals surface area contributed by atoms with E-state index in [-0.39, 0.29) is 16.8 Å². The molecule has 2 heterocycles. The lowest BCUT2D eigenvalue weighted by atomic mass is 9.69. The Kier molecular flexibility index (Phi) is 3.25. The van der Waals surface area contributed by atoms with Crippen LogP contribution in [0.3, 0.4) is 0 Å². The SMILES string of the molecule is COC(=O)CN1CC2(C)CSCC(C)(C1)C2=O. The summed E-state index contributed by atoms with van der Waals surface area (Å²) >= 11 is 1.85.